The molecule has 0 radical (unpaired) electrons. The van der Waals surface area contributed by atoms with Crippen LogP contribution in [0.3, 0.4) is 0 Å². The Morgan fingerprint density at radius 1 is 1.11 bits per heavy atom. The standard InChI is InChI=1S/C3H2N2O4/c6-4(7)2-1-3-5(8)9/h2-3H. The highest BCUT2D eigenvalue weighted by molar-refractivity contribution is 4.68. The Labute approximate surface area is 49.4 Å². The third kappa shape index (κ3) is 6.32. The summed E-state index contributed by atoms with van der Waals surface area (Å²) in [6.45, 7) is 0. The van der Waals surface area contributed by atoms with Crippen LogP contribution in [-0.4, -0.2) is 9.85 Å². The van der Waals surface area contributed by atoms with E-state index in [4.69, 9.17) is 0 Å². The van der Waals surface area contributed by atoms with Crippen molar-refractivity contribution < 1.29 is 9.85 Å². The van der Waals surface area contributed by atoms with E-state index in [1.165, 1.54) is 0 Å². The molecular weight excluding hydrogens is 128 g/mol. The maximum Gasteiger partial charge on any atom is 0.282 e. The van der Waals surface area contributed by atoms with Gasteiger partial charge >= 0.3 is 0 Å². The second-order valence-corrected chi connectivity index (χ2v) is 0.996. The van der Waals surface area contributed by atoms with Crippen molar-refractivity contribution in [3.63, 3.8) is 0 Å². The van der Waals surface area contributed by atoms with Crippen molar-refractivity contribution in [2.45, 2.75) is 0 Å². The van der Waals surface area contributed by atoms with Crippen LogP contribution in [0.5, 0.6) is 0 Å². The molecule has 6 nitrogen and oxygen atoms in total. The van der Waals surface area contributed by atoms with Crippen molar-refractivity contribution in [1.29, 1.82) is 0 Å². The Bertz CT molecular complexity index is 172. The van der Waals surface area contributed by atoms with Gasteiger partial charge in [-0.1, -0.05) is 0 Å². The first-order valence-corrected chi connectivity index (χ1v) is 1.82. The fourth-order valence-electron chi connectivity index (χ4n) is 0.155. The van der Waals surface area contributed by atoms with Gasteiger partial charge in [-0.25, -0.2) is 0 Å². The van der Waals surface area contributed by atoms with Gasteiger partial charge in [0.05, 0.1) is 9.85 Å². The molecular formula is C3H2N2O4. The highest BCUT2D eigenvalue weighted by atomic mass is 16.6. The van der Waals surface area contributed by atoms with Gasteiger partial charge in [-0.3, -0.25) is 20.2 Å². The van der Waals surface area contributed by atoms with E-state index in [1.807, 2.05) is 0 Å². The normalized spacial score (nSPS) is 7.11. The first-order chi connectivity index (χ1) is 4.13. The monoisotopic (exact) mass is 130 g/mol. The molecule has 0 saturated carbocycles. The minimum Gasteiger partial charge on any atom is -0.258 e. The maximum absolute atomic E-state index is 9.43. The minimum absolute atomic E-state index is 0.364. The summed E-state index contributed by atoms with van der Waals surface area (Å²) in [6, 6.07) is 0. The Morgan fingerprint density at radius 2 is 1.44 bits per heavy atom. The Balaban J connectivity index is 3.97. The van der Waals surface area contributed by atoms with Crippen molar-refractivity contribution in [2.75, 3.05) is 0 Å². The molecule has 9 heavy (non-hydrogen) atoms. The van der Waals surface area contributed by atoms with Gasteiger partial charge in [0.2, 0.25) is 0 Å². The van der Waals surface area contributed by atoms with Crippen LogP contribution in [0, 0.1) is 20.2 Å². The minimum atomic E-state index is -0.833. The van der Waals surface area contributed by atoms with Crippen LogP contribution in [0.1, 0.15) is 0 Å². The van der Waals surface area contributed by atoms with E-state index in [-0.39, 0.29) is 0 Å². The van der Waals surface area contributed by atoms with Gasteiger partial charge in [0.15, 0.2) is 0 Å². The summed E-state index contributed by atoms with van der Waals surface area (Å²) in [6.07, 6.45) is 0.728. The van der Waals surface area contributed by atoms with E-state index in [0.717, 1.165) is 0 Å². The fourth-order valence-corrected chi connectivity index (χ4v) is 0.155. The zero-order chi connectivity index (χ0) is 7.28. The average Bonchev–Trinajstić information content (AvgIpc) is 1.63. The summed E-state index contributed by atoms with van der Waals surface area (Å²) in [4.78, 5) is 17.2. The molecule has 0 N–H and O–H groups in total. The van der Waals surface area contributed by atoms with Gasteiger partial charge in [0.25, 0.3) is 12.4 Å². The topological polar surface area (TPSA) is 86.3 Å². The van der Waals surface area contributed by atoms with Crippen molar-refractivity contribution in [2.24, 2.45) is 0 Å². The molecule has 0 aromatic heterocycles. The molecule has 0 atom stereocenters. The smallest absolute Gasteiger partial charge is 0.258 e. The molecule has 0 amide bonds. The van der Waals surface area contributed by atoms with E-state index < -0.39 is 9.85 Å². The molecule has 0 heterocycles. The summed E-state index contributed by atoms with van der Waals surface area (Å²) in [7, 11) is 0. The van der Waals surface area contributed by atoms with E-state index in [2.05, 4.69) is 0 Å². The van der Waals surface area contributed by atoms with Crippen LogP contribution in [0.15, 0.2) is 18.1 Å². The quantitative estimate of drug-likeness (QED) is 0.302. The molecule has 0 bridgehead atoms. The fraction of sp³-hybridized carbons (Fsp3) is 0. The van der Waals surface area contributed by atoms with Crippen molar-refractivity contribution in [1.82, 2.24) is 0 Å². The number of nitro groups is 2. The Hall–Kier alpha value is -1.68. The van der Waals surface area contributed by atoms with E-state index in [0.29, 0.717) is 12.4 Å². The molecule has 0 spiro atoms. The average molecular weight is 130 g/mol. The molecule has 0 aromatic carbocycles. The van der Waals surface area contributed by atoms with Crippen molar-refractivity contribution in [3.8, 4) is 0 Å². The van der Waals surface area contributed by atoms with E-state index >= 15 is 0 Å². The number of hydrogen-bond acceptors (Lipinski definition) is 4. The van der Waals surface area contributed by atoms with Gasteiger partial charge in [0.1, 0.15) is 0 Å². The molecule has 0 unspecified atom stereocenters. The van der Waals surface area contributed by atoms with Crippen molar-refractivity contribution in [3.05, 3.63) is 38.4 Å². The molecule has 0 fully saturated rings. The first kappa shape index (κ1) is 7.32. The van der Waals surface area contributed by atoms with E-state index in [9.17, 15) is 20.2 Å². The summed E-state index contributed by atoms with van der Waals surface area (Å²) in [5.74, 6) is 0. The summed E-state index contributed by atoms with van der Waals surface area (Å²) >= 11 is 0. The Morgan fingerprint density at radius 3 is 1.67 bits per heavy atom. The third-order valence-electron chi connectivity index (χ3n) is 0.360. The number of rotatable bonds is 2. The van der Waals surface area contributed by atoms with Gasteiger partial charge in [-0.05, 0) is 0 Å². The van der Waals surface area contributed by atoms with E-state index in [1.54, 1.807) is 5.73 Å². The molecule has 0 rings (SSSR count). The van der Waals surface area contributed by atoms with Gasteiger partial charge in [-0.15, -0.1) is 0 Å². The number of nitrogens with zero attached hydrogens (tertiary/aromatic N) is 2. The second-order valence-electron chi connectivity index (χ2n) is 0.996. The molecule has 0 saturated heterocycles. The Kier molecular flexibility index (Phi) is 2.72. The zero-order valence-corrected chi connectivity index (χ0v) is 4.18. The lowest BCUT2D eigenvalue weighted by Gasteiger charge is -1.69. The second kappa shape index (κ2) is 3.34. The predicted octanol–water partition coefficient (Wildman–Crippen LogP) is 0.166. The predicted molar refractivity (Wildman–Crippen MR) is 26.6 cm³/mol. The van der Waals surface area contributed by atoms with Crippen LogP contribution < -0.4 is 0 Å². The summed E-state index contributed by atoms with van der Waals surface area (Å²) in [5.41, 5.74) is 1.74. The maximum atomic E-state index is 9.43. The SMILES string of the molecule is O=[N+]([O-])C=C=C[N+](=O)[O-]. The molecule has 0 aliphatic heterocycles. The molecule has 0 aliphatic rings. The number of hydrogen-bond donors (Lipinski definition) is 0. The summed E-state index contributed by atoms with van der Waals surface area (Å²) < 4.78 is 0. The van der Waals surface area contributed by atoms with Crippen LogP contribution >= 0.6 is 0 Å². The van der Waals surface area contributed by atoms with Crippen molar-refractivity contribution >= 4 is 0 Å². The van der Waals surface area contributed by atoms with Gasteiger partial charge in [-0.2, -0.15) is 0 Å². The molecule has 6 heteroatoms. The summed E-state index contributed by atoms with van der Waals surface area (Å²) in [5, 5.41) is 18.9. The lowest BCUT2D eigenvalue weighted by molar-refractivity contribution is -0.409. The first-order valence-electron chi connectivity index (χ1n) is 1.82. The lowest BCUT2D eigenvalue weighted by atomic mass is 10.8. The van der Waals surface area contributed by atoms with Crippen LogP contribution in [0.4, 0.5) is 0 Å². The molecule has 0 aromatic rings. The van der Waals surface area contributed by atoms with Crippen LogP contribution in [-0.2, 0) is 0 Å². The van der Waals surface area contributed by atoms with Crippen LogP contribution in [0.2, 0.25) is 0 Å². The van der Waals surface area contributed by atoms with Gasteiger partial charge < -0.3 is 0 Å². The van der Waals surface area contributed by atoms with Crippen LogP contribution in [0.25, 0.3) is 0 Å². The highest BCUT2D eigenvalue weighted by Crippen LogP contribution is 1.70. The molecule has 48 valence electrons. The van der Waals surface area contributed by atoms with Gasteiger partial charge in [0, 0.05) is 5.73 Å². The lowest BCUT2D eigenvalue weighted by Crippen LogP contribution is -1.82. The third-order valence-corrected chi connectivity index (χ3v) is 0.360. The highest BCUT2D eigenvalue weighted by Gasteiger charge is 1.82. The zero-order valence-electron chi connectivity index (χ0n) is 4.18. The largest absolute Gasteiger partial charge is 0.282 e. The molecule has 0 aliphatic carbocycles.